The molecule has 0 saturated carbocycles. The van der Waals surface area contributed by atoms with E-state index in [4.69, 9.17) is 9.47 Å². The Bertz CT molecular complexity index is 836. The van der Waals surface area contributed by atoms with Crippen LogP contribution in [-0.4, -0.2) is 50.3 Å². The Kier molecular flexibility index (Phi) is 8.10. The van der Waals surface area contributed by atoms with Crippen molar-refractivity contribution in [2.45, 2.75) is 45.6 Å². The van der Waals surface area contributed by atoms with E-state index in [1.165, 1.54) is 11.1 Å². The van der Waals surface area contributed by atoms with Crippen molar-refractivity contribution in [3.05, 3.63) is 65.2 Å². The van der Waals surface area contributed by atoms with Gasteiger partial charge in [0, 0.05) is 19.6 Å². The van der Waals surface area contributed by atoms with E-state index in [9.17, 15) is 4.79 Å². The molecule has 5 nitrogen and oxygen atoms in total. The maximum absolute atomic E-state index is 13.0. The number of ether oxygens (including phenoxy) is 2. The standard InChI is InChI=1S/C26H36N2O3/c1-5-16-31-24-9-7-6-8-22(24)25(29)27-19-23(28-14-17-30-18-15-28)20-10-12-21(13-11-20)26(2,3)4/h6-13,23H,5,14-19H2,1-4H3,(H,27,29). The molecule has 1 saturated heterocycles. The summed E-state index contributed by atoms with van der Waals surface area (Å²) in [5.74, 6) is 0.538. The van der Waals surface area contributed by atoms with Gasteiger partial charge in [-0.15, -0.1) is 0 Å². The van der Waals surface area contributed by atoms with Crippen LogP contribution in [0.3, 0.4) is 0 Å². The topological polar surface area (TPSA) is 50.8 Å². The third kappa shape index (κ3) is 6.31. The second-order valence-electron chi connectivity index (χ2n) is 9.09. The molecule has 1 heterocycles. The van der Waals surface area contributed by atoms with E-state index in [0.29, 0.717) is 24.5 Å². The molecule has 1 aliphatic rings. The summed E-state index contributed by atoms with van der Waals surface area (Å²) in [7, 11) is 0. The van der Waals surface area contributed by atoms with Gasteiger partial charge >= 0.3 is 0 Å². The molecule has 1 fully saturated rings. The summed E-state index contributed by atoms with van der Waals surface area (Å²) in [4.78, 5) is 15.4. The van der Waals surface area contributed by atoms with Crippen LogP contribution in [0.15, 0.2) is 48.5 Å². The van der Waals surface area contributed by atoms with E-state index in [1.807, 2.05) is 24.3 Å². The smallest absolute Gasteiger partial charge is 0.255 e. The largest absolute Gasteiger partial charge is 0.493 e. The van der Waals surface area contributed by atoms with E-state index in [1.54, 1.807) is 0 Å². The zero-order valence-electron chi connectivity index (χ0n) is 19.3. The fourth-order valence-electron chi connectivity index (χ4n) is 3.83. The second kappa shape index (κ2) is 10.8. The van der Waals surface area contributed by atoms with Crippen LogP contribution in [0.5, 0.6) is 5.75 Å². The number of hydrogen-bond donors (Lipinski definition) is 1. The van der Waals surface area contributed by atoms with Gasteiger partial charge in [-0.1, -0.05) is 64.1 Å². The molecule has 1 unspecified atom stereocenters. The second-order valence-corrected chi connectivity index (χ2v) is 9.09. The van der Waals surface area contributed by atoms with E-state index in [2.05, 4.69) is 62.2 Å². The normalized spacial score (nSPS) is 16.0. The van der Waals surface area contributed by atoms with Crippen molar-refractivity contribution >= 4 is 5.91 Å². The van der Waals surface area contributed by atoms with E-state index in [0.717, 1.165) is 32.7 Å². The lowest BCUT2D eigenvalue weighted by molar-refractivity contribution is 0.0162. The first-order valence-corrected chi connectivity index (χ1v) is 11.3. The van der Waals surface area contributed by atoms with Gasteiger partial charge in [0.2, 0.25) is 0 Å². The van der Waals surface area contributed by atoms with Crippen LogP contribution in [0.2, 0.25) is 0 Å². The van der Waals surface area contributed by atoms with Gasteiger partial charge in [0.05, 0.1) is 31.4 Å². The van der Waals surface area contributed by atoms with Crippen molar-refractivity contribution in [2.75, 3.05) is 39.5 Å². The predicted molar refractivity (Wildman–Crippen MR) is 125 cm³/mol. The van der Waals surface area contributed by atoms with Gasteiger partial charge in [-0.3, -0.25) is 9.69 Å². The maximum atomic E-state index is 13.0. The zero-order chi connectivity index (χ0) is 22.3. The van der Waals surface area contributed by atoms with Crippen LogP contribution in [0, 0.1) is 0 Å². The third-order valence-corrected chi connectivity index (χ3v) is 5.70. The van der Waals surface area contributed by atoms with Gasteiger partial charge in [-0.05, 0) is 35.1 Å². The van der Waals surface area contributed by atoms with E-state index < -0.39 is 0 Å². The van der Waals surface area contributed by atoms with Crippen molar-refractivity contribution in [3.63, 3.8) is 0 Å². The summed E-state index contributed by atoms with van der Waals surface area (Å²) in [6.07, 6.45) is 0.902. The molecule has 0 spiro atoms. The SMILES string of the molecule is CCCOc1ccccc1C(=O)NCC(c1ccc(C(C)(C)C)cc1)N1CCOCC1. The molecule has 5 heteroatoms. The first-order chi connectivity index (χ1) is 14.9. The molecule has 0 radical (unpaired) electrons. The highest BCUT2D eigenvalue weighted by Crippen LogP contribution is 2.27. The Hall–Kier alpha value is -2.37. The number of nitrogens with one attached hydrogen (secondary N) is 1. The average molecular weight is 425 g/mol. The van der Waals surface area contributed by atoms with Gasteiger partial charge < -0.3 is 14.8 Å². The molecule has 168 valence electrons. The van der Waals surface area contributed by atoms with Crippen molar-refractivity contribution in [1.29, 1.82) is 0 Å². The Balaban J connectivity index is 1.76. The van der Waals surface area contributed by atoms with Gasteiger partial charge in [0.25, 0.3) is 5.91 Å². The molecular formula is C26H36N2O3. The van der Waals surface area contributed by atoms with Crippen molar-refractivity contribution in [3.8, 4) is 5.75 Å². The molecule has 1 amide bonds. The lowest BCUT2D eigenvalue weighted by Crippen LogP contribution is -2.43. The fraction of sp³-hybridized carbons (Fsp3) is 0.500. The molecule has 1 N–H and O–H groups in total. The molecular weight excluding hydrogens is 388 g/mol. The molecule has 3 rings (SSSR count). The monoisotopic (exact) mass is 424 g/mol. The first-order valence-electron chi connectivity index (χ1n) is 11.3. The quantitative estimate of drug-likeness (QED) is 0.674. The van der Waals surface area contributed by atoms with Crippen LogP contribution in [0.1, 0.15) is 61.6 Å². The molecule has 1 aliphatic heterocycles. The van der Waals surface area contributed by atoms with E-state index >= 15 is 0 Å². The summed E-state index contributed by atoms with van der Waals surface area (Å²) in [6, 6.07) is 16.4. The van der Waals surface area contributed by atoms with Gasteiger partial charge in [0.15, 0.2) is 0 Å². The molecule has 2 aromatic rings. The van der Waals surface area contributed by atoms with Gasteiger partial charge in [0.1, 0.15) is 5.75 Å². The molecule has 0 aliphatic carbocycles. The van der Waals surface area contributed by atoms with Crippen LogP contribution < -0.4 is 10.1 Å². The summed E-state index contributed by atoms with van der Waals surface area (Å²) in [5, 5.41) is 3.16. The predicted octanol–water partition coefficient (Wildman–Crippen LogP) is 4.58. The molecule has 2 aromatic carbocycles. The van der Waals surface area contributed by atoms with Gasteiger partial charge in [-0.2, -0.15) is 0 Å². The van der Waals surface area contributed by atoms with Crippen LogP contribution in [0.4, 0.5) is 0 Å². The lowest BCUT2D eigenvalue weighted by atomic mass is 9.86. The number of morpholine rings is 1. The number of carbonyl (C=O) groups excluding carboxylic acids is 1. The Morgan fingerprint density at radius 2 is 1.77 bits per heavy atom. The molecule has 0 aromatic heterocycles. The number of amides is 1. The minimum atomic E-state index is -0.101. The lowest BCUT2D eigenvalue weighted by Gasteiger charge is -2.35. The highest BCUT2D eigenvalue weighted by molar-refractivity contribution is 5.96. The van der Waals surface area contributed by atoms with Crippen molar-refractivity contribution in [2.24, 2.45) is 0 Å². The Morgan fingerprint density at radius 3 is 2.42 bits per heavy atom. The summed E-state index contributed by atoms with van der Waals surface area (Å²) in [5.41, 5.74) is 3.22. The van der Waals surface area contributed by atoms with Crippen molar-refractivity contribution < 1.29 is 14.3 Å². The summed E-state index contributed by atoms with van der Waals surface area (Å²) in [6.45, 7) is 13.0. The minimum Gasteiger partial charge on any atom is -0.493 e. The number of para-hydroxylation sites is 1. The highest BCUT2D eigenvalue weighted by Gasteiger charge is 2.24. The maximum Gasteiger partial charge on any atom is 0.255 e. The number of benzene rings is 2. The number of rotatable bonds is 8. The van der Waals surface area contributed by atoms with Crippen molar-refractivity contribution in [1.82, 2.24) is 10.2 Å². The highest BCUT2D eigenvalue weighted by atomic mass is 16.5. The third-order valence-electron chi connectivity index (χ3n) is 5.70. The molecule has 0 bridgehead atoms. The average Bonchev–Trinajstić information content (AvgIpc) is 2.78. The fourth-order valence-corrected chi connectivity index (χ4v) is 3.83. The van der Waals surface area contributed by atoms with Crippen LogP contribution in [0.25, 0.3) is 0 Å². The van der Waals surface area contributed by atoms with E-state index in [-0.39, 0.29) is 17.4 Å². The molecule has 1 atom stereocenters. The number of carbonyl (C=O) groups is 1. The number of hydrogen-bond acceptors (Lipinski definition) is 4. The van der Waals surface area contributed by atoms with Gasteiger partial charge in [-0.25, -0.2) is 0 Å². The van der Waals surface area contributed by atoms with Crippen LogP contribution in [-0.2, 0) is 10.2 Å². The number of nitrogens with zero attached hydrogens (tertiary/aromatic N) is 1. The minimum absolute atomic E-state index is 0.101. The first kappa shape index (κ1) is 23.3. The Morgan fingerprint density at radius 1 is 1.10 bits per heavy atom. The Labute approximate surface area is 186 Å². The summed E-state index contributed by atoms with van der Waals surface area (Å²) >= 11 is 0. The summed E-state index contributed by atoms with van der Waals surface area (Å²) < 4.78 is 11.3. The van der Waals surface area contributed by atoms with Crippen LogP contribution >= 0.6 is 0 Å². The molecule has 31 heavy (non-hydrogen) atoms. The zero-order valence-corrected chi connectivity index (χ0v) is 19.3.